The van der Waals surface area contributed by atoms with Gasteiger partial charge in [0, 0.05) is 30.4 Å². The van der Waals surface area contributed by atoms with Crippen LogP contribution < -0.4 is 5.73 Å². The second-order valence-electron chi connectivity index (χ2n) is 3.83. The van der Waals surface area contributed by atoms with E-state index in [2.05, 4.69) is 9.97 Å². The third kappa shape index (κ3) is 2.30. The molecule has 0 aliphatic heterocycles. The summed E-state index contributed by atoms with van der Waals surface area (Å²) in [5.74, 6) is -9.79. The smallest absolute Gasteiger partial charge is 0.200 e. The van der Waals surface area contributed by atoms with Gasteiger partial charge in [0.05, 0.1) is 0 Å². The molecule has 8 heteroatoms. The van der Waals surface area contributed by atoms with Crippen LogP contribution in [0.25, 0.3) is 0 Å². The Morgan fingerprint density at radius 2 is 1.53 bits per heavy atom. The highest BCUT2D eigenvalue weighted by molar-refractivity contribution is 5.27. The van der Waals surface area contributed by atoms with E-state index in [-0.39, 0.29) is 12.2 Å². The van der Waals surface area contributed by atoms with Crippen LogP contribution in [-0.4, -0.2) is 9.97 Å². The maximum Gasteiger partial charge on any atom is 0.200 e. The van der Waals surface area contributed by atoms with E-state index in [1.165, 1.54) is 12.4 Å². The van der Waals surface area contributed by atoms with Crippen LogP contribution in [0.5, 0.6) is 0 Å². The van der Waals surface area contributed by atoms with E-state index in [9.17, 15) is 22.0 Å². The van der Waals surface area contributed by atoms with Crippen molar-refractivity contribution < 1.29 is 22.0 Å². The Kier molecular flexibility index (Phi) is 3.52. The molecule has 102 valence electrons. The molecule has 0 aliphatic carbocycles. The third-order valence-electron chi connectivity index (χ3n) is 2.58. The van der Waals surface area contributed by atoms with E-state index in [0.717, 1.165) is 0 Å². The Labute approximate surface area is 104 Å². The van der Waals surface area contributed by atoms with Crippen molar-refractivity contribution in [1.82, 2.24) is 9.97 Å². The highest BCUT2D eigenvalue weighted by Crippen LogP contribution is 2.27. The minimum absolute atomic E-state index is 0.189. The molecule has 19 heavy (non-hydrogen) atoms. The number of imidazole rings is 1. The van der Waals surface area contributed by atoms with E-state index in [1.807, 2.05) is 0 Å². The standard InChI is InChI=1S/C11H8F5N3/c12-7-6(4(17)3-5-18-1-2-19-5)8(13)10(15)11(16)9(7)14/h1-2,4H,3,17H2,(H,18,19). The van der Waals surface area contributed by atoms with E-state index in [4.69, 9.17) is 5.73 Å². The molecule has 2 rings (SSSR count). The molecule has 1 aromatic heterocycles. The molecule has 0 spiro atoms. The zero-order valence-electron chi connectivity index (χ0n) is 9.35. The van der Waals surface area contributed by atoms with Gasteiger partial charge in [0.15, 0.2) is 23.3 Å². The molecule has 0 aliphatic rings. The summed E-state index contributed by atoms with van der Waals surface area (Å²) in [5.41, 5.74) is 4.43. The number of hydrogen-bond acceptors (Lipinski definition) is 2. The van der Waals surface area contributed by atoms with E-state index < -0.39 is 40.7 Å². The fourth-order valence-corrected chi connectivity index (χ4v) is 1.67. The average Bonchev–Trinajstić information content (AvgIpc) is 2.87. The molecular weight excluding hydrogens is 269 g/mol. The molecule has 1 heterocycles. The number of nitrogens with zero attached hydrogens (tertiary/aromatic N) is 1. The van der Waals surface area contributed by atoms with Gasteiger partial charge in [0.1, 0.15) is 5.82 Å². The first-order valence-electron chi connectivity index (χ1n) is 5.18. The normalized spacial score (nSPS) is 12.7. The van der Waals surface area contributed by atoms with Crippen LogP contribution in [0.4, 0.5) is 22.0 Å². The fraction of sp³-hybridized carbons (Fsp3) is 0.182. The number of hydrogen-bond donors (Lipinski definition) is 2. The molecule has 0 saturated heterocycles. The molecule has 0 fully saturated rings. The van der Waals surface area contributed by atoms with E-state index in [0.29, 0.717) is 0 Å². The van der Waals surface area contributed by atoms with Gasteiger partial charge in [-0.3, -0.25) is 0 Å². The highest BCUT2D eigenvalue weighted by Gasteiger charge is 2.29. The molecular formula is C11H8F5N3. The number of H-pyrrole nitrogens is 1. The highest BCUT2D eigenvalue weighted by atomic mass is 19.2. The van der Waals surface area contributed by atoms with Crippen LogP contribution in [0.3, 0.4) is 0 Å². The zero-order valence-corrected chi connectivity index (χ0v) is 9.35. The van der Waals surface area contributed by atoms with Gasteiger partial charge < -0.3 is 10.7 Å². The lowest BCUT2D eigenvalue weighted by Gasteiger charge is -2.14. The van der Waals surface area contributed by atoms with Gasteiger partial charge in [0.2, 0.25) is 5.82 Å². The van der Waals surface area contributed by atoms with Crippen molar-refractivity contribution in [2.75, 3.05) is 0 Å². The van der Waals surface area contributed by atoms with Crippen molar-refractivity contribution in [2.24, 2.45) is 5.73 Å². The molecule has 0 amide bonds. The van der Waals surface area contributed by atoms with Crippen molar-refractivity contribution in [2.45, 2.75) is 12.5 Å². The Balaban J connectivity index is 2.44. The van der Waals surface area contributed by atoms with Gasteiger partial charge >= 0.3 is 0 Å². The first-order valence-corrected chi connectivity index (χ1v) is 5.18. The molecule has 0 saturated carbocycles. The molecule has 3 nitrogen and oxygen atoms in total. The number of benzene rings is 1. The predicted octanol–water partition coefficient (Wildman–Crippen LogP) is 2.35. The molecule has 3 N–H and O–H groups in total. The van der Waals surface area contributed by atoms with E-state index in [1.54, 1.807) is 0 Å². The quantitative estimate of drug-likeness (QED) is 0.514. The largest absolute Gasteiger partial charge is 0.349 e. The topological polar surface area (TPSA) is 54.7 Å². The summed E-state index contributed by atoms with van der Waals surface area (Å²) in [4.78, 5) is 6.38. The molecule has 0 bridgehead atoms. The van der Waals surface area contributed by atoms with Gasteiger partial charge in [-0.25, -0.2) is 26.9 Å². The van der Waals surface area contributed by atoms with Crippen molar-refractivity contribution in [3.05, 3.63) is 52.9 Å². The van der Waals surface area contributed by atoms with Crippen LogP contribution in [-0.2, 0) is 6.42 Å². The Morgan fingerprint density at radius 3 is 2.00 bits per heavy atom. The fourth-order valence-electron chi connectivity index (χ4n) is 1.67. The van der Waals surface area contributed by atoms with Crippen molar-refractivity contribution in [3.8, 4) is 0 Å². The molecule has 1 unspecified atom stereocenters. The summed E-state index contributed by atoms with van der Waals surface area (Å²) in [6, 6.07) is -1.41. The van der Waals surface area contributed by atoms with Gasteiger partial charge in [-0.05, 0) is 0 Å². The number of aromatic amines is 1. The Bertz CT molecular complexity index is 568. The lowest BCUT2D eigenvalue weighted by molar-refractivity contribution is 0.363. The lowest BCUT2D eigenvalue weighted by atomic mass is 10.0. The maximum atomic E-state index is 13.5. The van der Waals surface area contributed by atoms with Gasteiger partial charge in [-0.2, -0.15) is 0 Å². The average molecular weight is 277 g/mol. The monoisotopic (exact) mass is 277 g/mol. The van der Waals surface area contributed by atoms with E-state index >= 15 is 0 Å². The second kappa shape index (κ2) is 4.96. The first-order chi connectivity index (χ1) is 8.93. The minimum Gasteiger partial charge on any atom is -0.349 e. The molecule has 1 atom stereocenters. The summed E-state index contributed by atoms with van der Waals surface area (Å²) < 4.78 is 65.8. The number of aromatic nitrogens is 2. The van der Waals surface area contributed by atoms with Crippen LogP contribution in [0.2, 0.25) is 0 Å². The first kappa shape index (κ1) is 13.5. The summed E-state index contributed by atoms with van der Waals surface area (Å²) in [6.07, 6.45) is 2.63. The predicted molar refractivity (Wildman–Crippen MR) is 55.5 cm³/mol. The lowest BCUT2D eigenvalue weighted by Crippen LogP contribution is -2.20. The molecule has 2 aromatic rings. The maximum absolute atomic E-state index is 13.5. The zero-order chi connectivity index (χ0) is 14.2. The van der Waals surface area contributed by atoms with Gasteiger partial charge in [0.25, 0.3) is 0 Å². The Morgan fingerprint density at radius 1 is 1.00 bits per heavy atom. The van der Waals surface area contributed by atoms with Crippen LogP contribution in [0.15, 0.2) is 12.4 Å². The number of nitrogens with one attached hydrogen (secondary N) is 1. The van der Waals surface area contributed by atoms with Gasteiger partial charge in [-0.15, -0.1) is 0 Å². The number of nitrogens with two attached hydrogens (primary N) is 1. The van der Waals surface area contributed by atoms with Crippen LogP contribution in [0, 0.1) is 29.1 Å². The summed E-state index contributed by atoms with van der Waals surface area (Å²) in [6.45, 7) is 0. The molecule has 0 radical (unpaired) electrons. The van der Waals surface area contributed by atoms with Gasteiger partial charge in [-0.1, -0.05) is 0 Å². The van der Waals surface area contributed by atoms with Crippen molar-refractivity contribution in [3.63, 3.8) is 0 Å². The summed E-state index contributed by atoms with van der Waals surface area (Å²) in [7, 11) is 0. The Hall–Kier alpha value is -1.96. The van der Waals surface area contributed by atoms with Crippen LogP contribution >= 0.6 is 0 Å². The van der Waals surface area contributed by atoms with Crippen molar-refractivity contribution in [1.29, 1.82) is 0 Å². The van der Waals surface area contributed by atoms with Crippen molar-refractivity contribution >= 4 is 0 Å². The van der Waals surface area contributed by atoms with Crippen LogP contribution in [0.1, 0.15) is 17.4 Å². The SMILES string of the molecule is NC(Cc1ncc[nH]1)c1c(F)c(F)c(F)c(F)c1F. The number of rotatable bonds is 3. The molecule has 1 aromatic carbocycles. The minimum atomic E-state index is -2.20. The third-order valence-corrected chi connectivity index (χ3v) is 2.58. The number of halogens is 5. The summed E-state index contributed by atoms with van der Waals surface area (Å²) in [5, 5.41) is 0. The summed E-state index contributed by atoms with van der Waals surface area (Å²) >= 11 is 0. The second-order valence-corrected chi connectivity index (χ2v) is 3.83.